The molecule has 126 valence electrons. The highest BCUT2D eigenvalue weighted by Crippen LogP contribution is 2.52. The van der Waals surface area contributed by atoms with E-state index in [2.05, 4.69) is 0 Å². The van der Waals surface area contributed by atoms with Crippen molar-refractivity contribution < 1.29 is 17.9 Å². The van der Waals surface area contributed by atoms with Gasteiger partial charge in [-0.05, 0) is 29.7 Å². The molecule has 1 aliphatic heterocycles. The average Bonchev–Trinajstić information content (AvgIpc) is 2.83. The lowest BCUT2D eigenvalue weighted by molar-refractivity contribution is 0.0815. The molecule has 1 atom stereocenters. The second-order valence-electron chi connectivity index (χ2n) is 6.54. The van der Waals surface area contributed by atoms with E-state index in [1.165, 1.54) is 0 Å². The summed E-state index contributed by atoms with van der Waals surface area (Å²) in [5.74, 6) is -0.167. The summed E-state index contributed by atoms with van der Waals surface area (Å²) in [7, 11) is 1.86. The molecule has 1 saturated carbocycles. The van der Waals surface area contributed by atoms with Gasteiger partial charge in [0.05, 0.1) is 5.75 Å². The highest BCUT2D eigenvalue weighted by molar-refractivity contribution is 8.13. The fraction of sp³-hybridized carbons (Fsp3) is 0.562. The van der Waals surface area contributed by atoms with Gasteiger partial charge in [0, 0.05) is 23.8 Å². The van der Waals surface area contributed by atoms with Crippen LogP contribution in [0.4, 0.5) is 4.79 Å². The van der Waals surface area contributed by atoms with Gasteiger partial charge in [0.25, 0.3) is 0 Å². The van der Waals surface area contributed by atoms with Crippen molar-refractivity contribution in [2.45, 2.75) is 25.9 Å². The molecule has 1 aliphatic carbocycles. The molecule has 1 unspecified atom stereocenters. The molecule has 0 radical (unpaired) electrons. The van der Waals surface area contributed by atoms with Crippen LogP contribution in [0.1, 0.15) is 24.8 Å². The molecule has 1 aromatic rings. The number of halogens is 1. The average molecular weight is 358 g/mol. The van der Waals surface area contributed by atoms with E-state index in [9.17, 15) is 13.2 Å². The molecule has 3 rings (SSSR count). The van der Waals surface area contributed by atoms with Crippen LogP contribution in [0.2, 0.25) is 0 Å². The molecule has 1 aromatic carbocycles. The molecule has 1 heterocycles. The highest BCUT2D eigenvalue weighted by atomic mass is 35.7. The lowest BCUT2D eigenvalue weighted by Gasteiger charge is -2.42. The van der Waals surface area contributed by atoms with E-state index < -0.39 is 9.05 Å². The minimum Gasteiger partial charge on any atom is -0.445 e. The molecule has 5 nitrogen and oxygen atoms in total. The molecule has 1 spiro atoms. The van der Waals surface area contributed by atoms with Crippen LogP contribution >= 0.6 is 10.7 Å². The summed E-state index contributed by atoms with van der Waals surface area (Å²) in [6.45, 7) is 1.19. The molecule has 2 fully saturated rings. The van der Waals surface area contributed by atoms with Gasteiger partial charge in [-0.3, -0.25) is 0 Å². The fourth-order valence-electron chi connectivity index (χ4n) is 3.65. The Hall–Kier alpha value is -1.27. The van der Waals surface area contributed by atoms with Crippen molar-refractivity contribution in [3.05, 3.63) is 35.9 Å². The molecule has 1 amide bonds. The van der Waals surface area contributed by atoms with E-state index in [1.807, 2.05) is 30.3 Å². The predicted octanol–water partition coefficient (Wildman–Crippen LogP) is 2.99. The van der Waals surface area contributed by atoms with Gasteiger partial charge in [0.2, 0.25) is 9.05 Å². The van der Waals surface area contributed by atoms with Crippen LogP contribution in [0.5, 0.6) is 0 Å². The lowest BCUT2D eigenvalue weighted by Crippen LogP contribution is -2.40. The van der Waals surface area contributed by atoms with E-state index in [-0.39, 0.29) is 29.8 Å². The first-order valence-electron chi connectivity index (χ1n) is 7.76. The predicted molar refractivity (Wildman–Crippen MR) is 87.6 cm³/mol. The summed E-state index contributed by atoms with van der Waals surface area (Å²) < 4.78 is 28.2. The SMILES string of the molecule is O=C(OCc1ccccc1)N1CC(CS(=O)(=O)Cl)C2(CCC2)C1. The fourth-order valence-corrected chi connectivity index (χ4v) is 5.05. The largest absolute Gasteiger partial charge is 0.445 e. The highest BCUT2D eigenvalue weighted by Gasteiger charge is 2.52. The van der Waals surface area contributed by atoms with Gasteiger partial charge >= 0.3 is 6.09 Å². The molecule has 0 aromatic heterocycles. The van der Waals surface area contributed by atoms with Crippen molar-refractivity contribution >= 4 is 25.8 Å². The van der Waals surface area contributed by atoms with Gasteiger partial charge < -0.3 is 9.64 Å². The van der Waals surface area contributed by atoms with Crippen molar-refractivity contribution in [1.29, 1.82) is 0 Å². The first-order valence-corrected chi connectivity index (χ1v) is 10.2. The quantitative estimate of drug-likeness (QED) is 0.777. The Morgan fingerprint density at radius 2 is 2.00 bits per heavy atom. The third-order valence-corrected chi connectivity index (χ3v) is 6.20. The van der Waals surface area contributed by atoms with E-state index in [0.29, 0.717) is 13.1 Å². The summed E-state index contributed by atoms with van der Waals surface area (Å²) in [6.07, 6.45) is 2.60. The van der Waals surface area contributed by atoms with Crippen LogP contribution in [0.3, 0.4) is 0 Å². The number of amides is 1. The molecule has 7 heteroatoms. The number of hydrogen-bond acceptors (Lipinski definition) is 4. The van der Waals surface area contributed by atoms with Crippen molar-refractivity contribution in [3.63, 3.8) is 0 Å². The second-order valence-corrected chi connectivity index (χ2v) is 9.36. The van der Waals surface area contributed by atoms with Gasteiger partial charge in [0.1, 0.15) is 6.61 Å². The van der Waals surface area contributed by atoms with Gasteiger partial charge in [-0.15, -0.1) is 0 Å². The Morgan fingerprint density at radius 1 is 1.30 bits per heavy atom. The zero-order chi connectivity index (χ0) is 16.5. The first-order chi connectivity index (χ1) is 10.9. The summed E-state index contributed by atoms with van der Waals surface area (Å²) in [5, 5.41) is 0. The van der Waals surface area contributed by atoms with Crippen molar-refractivity contribution in [3.8, 4) is 0 Å². The Balaban J connectivity index is 1.61. The van der Waals surface area contributed by atoms with Crippen molar-refractivity contribution in [1.82, 2.24) is 4.90 Å². The van der Waals surface area contributed by atoms with Gasteiger partial charge in [-0.2, -0.15) is 0 Å². The van der Waals surface area contributed by atoms with Crippen molar-refractivity contribution in [2.75, 3.05) is 18.8 Å². The molecule has 0 N–H and O–H groups in total. The van der Waals surface area contributed by atoms with E-state index in [1.54, 1.807) is 4.90 Å². The number of hydrogen-bond donors (Lipinski definition) is 0. The maximum atomic E-state index is 12.3. The lowest BCUT2D eigenvalue weighted by atomic mass is 9.63. The third kappa shape index (κ3) is 3.80. The number of nitrogens with zero attached hydrogens (tertiary/aromatic N) is 1. The molecule has 2 aliphatic rings. The zero-order valence-corrected chi connectivity index (χ0v) is 14.4. The van der Waals surface area contributed by atoms with Crippen LogP contribution in [0, 0.1) is 11.3 Å². The zero-order valence-electron chi connectivity index (χ0n) is 12.8. The Bertz CT molecular complexity index is 673. The Labute approximate surface area is 141 Å². The number of rotatable bonds is 4. The summed E-state index contributed by atoms with van der Waals surface area (Å²) in [5.41, 5.74) is 0.839. The first kappa shape index (κ1) is 16.6. The van der Waals surface area contributed by atoms with Gasteiger partial charge in [-0.25, -0.2) is 13.2 Å². The Morgan fingerprint density at radius 3 is 2.57 bits per heavy atom. The summed E-state index contributed by atoms with van der Waals surface area (Å²) in [4.78, 5) is 13.9. The minimum absolute atomic E-state index is 0.0724. The van der Waals surface area contributed by atoms with Crippen LogP contribution in [-0.4, -0.2) is 38.3 Å². The maximum Gasteiger partial charge on any atom is 0.410 e. The summed E-state index contributed by atoms with van der Waals surface area (Å²) in [6, 6.07) is 9.48. The minimum atomic E-state index is -3.57. The standard InChI is InChI=1S/C16H20ClNO4S/c17-23(20,21)11-14-9-18(12-16(14)7-4-8-16)15(19)22-10-13-5-2-1-3-6-13/h1-3,5-6,14H,4,7-12H2. The number of likely N-dealkylation sites (tertiary alicyclic amines) is 1. The van der Waals surface area contributed by atoms with Gasteiger partial charge in [-0.1, -0.05) is 36.8 Å². The number of carbonyl (C=O) groups excluding carboxylic acids is 1. The van der Waals surface area contributed by atoms with Crippen molar-refractivity contribution in [2.24, 2.45) is 11.3 Å². The topological polar surface area (TPSA) is 63.7 Å². The number of carbonyl (C=O) groups is 1. The smallest absolute Gasteiger partial charge is 0.410 e. The molecular weight excluding hydrogens is 338 g/mol. The normalized spacial score (nSPS) is 22.8. The maximum absolute atomic E-state index is 12.3. The molecule has 0 bridgehead atoms. The number of benzene rings is 1. The second kappa shape index (κ2) is 6.32. The molecule has 1 saturated heterocycles. The van der Waals surface area contributed by atoms with E-state index >= 15 is 0 Å². The van der Waals surface area contributed by atoms with Crippen LogP contribution < -0.4 is 0 Å². The van der Waals surface area contributed by atoms with E-state index in [4.69, 9.17) is 15.4 Å². The van der Waals surface area contributed by atoms with Gasteiger partial charge in [0.15, 0.2) is 0 Å². The Kier molecular flexibility index (Phi) is 4.56. The van der Waals surface area contributed by atoms with Crippen LogP contribution in [0.15, 0.2) is 30.3 Å². The molecule has 23 heavy (non-hydrogen) atoms. The van der Waals surface area contributed by atoms with Crippen LogP contribution in [0.25, 0.3) is 0 Å². The van der Waals surface area contributed by atoms with E-state index in [0.717, 1.165) is 24.8 Å². The van der Waals surface area contributed by atoms with Crippen LogP contribution in [-0.2, 0) is 20.4 Å². The summed E-state index contributed by atoms with van der Waals surface area (Å²) >= 11 is 0. The molecular formula is C16H20ClNO4S. The third-order valence-electron chi connectivity index (χ3n) is 5.03. The number of ether oxygens (including phenoxy) is 1. The monoisotopic (exact) mass is 357 g/mol.